The van der Waals surface area contributed by atoms with Crippen LogP contribution in [0.1, 0.15) is 26.0 Å². The first-order valence-electron chi connectivity index (χ1n) is 6.09. The number of nitrogens with zero attached hydrogens (tertiary/aromatic N) is 2. The molecule has 0 aromatic carbocycles. The zero-order valence-corrected chi connectivity index (χ0v) is 11.3. The lowest BCUT2D eigenvalue weighted by molar-refractivity contribution is 0.215. The number of nitrogens with two attached hydrogens (primary N) is 1. The highest BCUT2D eigenvalue weighted by Crippen LogP contribution is 2.11. The normalized spacial score (nSPS) is 10.9. The van der Waals surface area contributed by atoms with Crippen LogP contribution in [0.3, 0.4) is 0 Å². The van der Waals surface area contributed by atoms with E-state index >= 15 is 0 Å². The molecule has 3 N–H and O–H groups in total. The predicted octanol–water partition coefficient (Wildman–Crippen LogP) is 1.63. The lowest BCUT2D eigenvalue weighted by Gasteiger charge is -2.25. The standard InChI is InChI=1S/C13H22N4O/c1-10(2)17(8-7-12(14)15)9-11-5-4-6-13(16-11)18-3/h4-6,10H,7-9H2,1-3H3,(H3,14,15). The average Bonchev–Trinajstić information content (AvgIpc) is 2.34. The second kappa shape index (κ2) is 6.96. The summed E-state index contributed by atoms with van der Waals surface area (Å²) in [6.07, 6.45) is 0.585. The monoisotopic (exact) mass is 250 g/mol. The van der Waals surface area contributed by atoms with E-state index < -0.39 is 0 Å². The zero-order valence-electron chi connectivity index (χ0n) is 11.3. The summed E-state index contributed by atoms with van der Waals surface area (Å²) in [5.74, 6) is 0.849. The van der Waals surface area contributed by atoms with E-state index in [1.54, 1.807) is 7.11 Å². The Kier molecular flexibility index (Phi) is 5.58. The second-order valence-electron chi connectivity index (χ2n) is 4.51. The molecule has 5 heteroatoms. The van der Waals surface area contributed by atoms with Crippen molar-refractivity contribution in [2.45, 2.75) is 32.9 Å². The quantitative estimate of drug-likeness (QED) is 0.569. The van der Waals surface area contributed by atoms with Gasteiger partial charge in [-0.15, -0.1) is 0 Å². The third kappa shape index (κ3) is 4.71. The van der Waals surface area contributed by atoms with E-state index in [-0.39, 0.29) is 5.84 Å². The molecule has 0 radical (unpaired) electrons. The first-order chi connectivity index (χ1) is 8.52. The average molecular weight is 250 g/mol. The number of amidine groups is 1. The van der Waals surface area contributed by atoms with Crippen molar-refractivity contribution in [2.75, 3.05) is 13.7 Å². The van der Waals surface area contributed by atoms with Gasteiger partial charge in [-0.05, 0) is 19.9 Å². The maximum Gasteiger partial charge on any atom is 0.213 e. The van der Waals surface area contributed by atoms with Gasteiger partial charge in [0.25, 0.3) is 0 Å². The van der Waals surface area contributed by atoms with Crippen molar-refractivity contribution in [1.82, 2.24) is 9.88 Å². The van der Waals surface area contributed by atoms with Gasteiger partial charge in [0.05, 0.1) is 18.6 Å². The summed E-state index contributed by atoms with van der Waals surface area (Å²) in [4.78, 5) is 6.63. The van der Waals surface area contributed by atoms with Crippen molar-refractivity contribution in [3.05, 3.63) is 23.9 Å². The Bertz CT molecular complexity index is 392. The first-order valence-corrected chi connectivity index (χ1v) is 6.09. The zero-order chi connectivity index (χ0) is 13.5. The second-order valence-corrected chi connectivity index (χ2v) is 4.51. The third-order valence-corrected chi connectivity index (χ3v) is 2.75. The molecule has 100 valence electrons. The summed E-state index contributed by atoms with van der Waals surface area (Å²) < 4.78 is 5.11. The highest BCUT2D eigenvalue weighted by molar-refractivity contribution is 5.76. The molecule has 0 amide bonds. The van der Waals surface area contributed by atoms with Crippen molar-refractivity contribution in [3.63, 3.8) is 0 Å². The van der Waals surface area contributed by atoms with Crippen LogP contribution in [-0.4, -0.2) is 35.4 Å². The molecule has 0 saturated carbocycles. The fraction of sp³-hybridized carbons (Fsp3) is 0.538. The number of hydrogen-bond donors (Lipinski definition) is 2. The number of ether oxygens (including phenoxy) is 1. The number of pyridine rings is 1. The SMILES string of the molecule is COc1cccc(CN(CCC(=N)N)C(C)C)n1. The van der Waals surface area contributed by atoms with Gasteiger partial charge in [-0.25, -0.2) is 4.98 Å². The number of hydrogen-bond acceptors (Lipinski definition) is 4. The summed E-state index contributed by atoms with van der Waals surface area (Å²) in [7, 11) is 1.61. The molecule has 0 unspecified atom stereocenters. The van der Waals surface area contributed by atoms with Crippen LogP contribution in [0.15, 0.2) is 18.2 Å². The molecule has 0 aliphatic heterocycles. The molecule has 18 heavy (non-hydrogen) atoms. The minimum absolute atomic E-state index is 0.222. The van der Waals surface area contributed by atoms with Gasteiger partial charge in [0.2, 0.25) is 5.88 Å². The van der Waals surface area contributed by atoms with E-state index in [2.05, 4.69) is 23.7 Å². The topological polar surface area (TPSA) is 75.2 Å². The summed E-state index contributed by atoms with van der Waals surface area (Å²) in [6, 6.07) is 6.13. The Morgan fingerprint density at radius 1 is 1.50 bits per heavy atom. The van der Waals surface area contributed by atoms with Crippen LogP contribution in [0.25, 0.3) is 0 Å². The van der Waals surface area contributed by atoms with Crippen LogP contribution in [-0.2, 0) is 6.54 Å². The molecular formula is C13H22N4O. The maximum atomic E-state index is 7.29. The Balaban J connectivity index is 2.67. The van der Waals surface area contributed by atoms with Gasteiger partial charge < -0.3 is 10.5 Å². The van der Waals surface area contributed by atoms with Gasteiger partial charge in [-0.2, -0.15) is 0 Å². The molecule has 0 aliphatic carbocycles. The molecular weight excluding hydrogens is 228 g/mol. The molecule has 0 spiro atoms. The van der Waals surface area contributed by atoms with Gasteiger partial charge in [0.15, 0.2) is 0 Å². The van der Waals surface area contributed by atoms with Crippen LogP contribution in [0, 0.1) is 5.41 Å². The van der Waals surface area contributed by atoms with Crippen molar-refractivity contribution in [2.24, 2.45) is 5.73 Å². The number of aromatic nitrogens is 1. The third-order valence-electron chi connectivity index (χ3n) is 2.75. The smallest absolute Gasteiger partial charge is 0.213 e. The van der Waals surface area contributed by atoms with Gasteiger partial charge in [0.1, 0.15) is 0 Å². The summed E-state index contributed by atoms with van der Waals surface area (Å²) in [6.45, 7) is 5.76. The molecule has 0 saturated heterocycles. The largest absolute Gasteiger partial charge is 0.481 e. The van der Waals surface area contributed by atoms with E-state index in [1.165, 1.54) is 0 Å². The number of rotatable bonds is 7. The van der Waals surface area contributed by atoms with E-state index in [4.69, 9.17) is 15.9 Å². The van der Waals surface area contributed by atoms with Crippen molar-refractivity contribution < 1.29 is 4.74 Å². The van der Waals surface area contributed by atoms with E-state index in [0.29, 0.717) is 18.3 Å². The molecule has 5 nitrogen and oxygen atoms in total. The van der Waals surface area contributed by atoms with Crippen molar-refractivity contribution >= 4 is 5.84 Å². The molecule has 0 aliphatic rings. The summed E-state index contributed by atoms with van der Waals surface area (Å²) in [5, 5.41) is 7.29. The van der Waals surface area contributed by atoms with E-state index in [0.717, 1.165) is 18.8 Å². The van der Waals surface area contributed by atoms with Crippen LogP contribution in [0.4, 0.5) is 0 Å². The fourth-order valence-corrected chi connectivity index (χ4v) is 1.65. The Labute approximate surface area is 108 Å². The van der Waals surface area contributed by atoms with E-state index in [9.17, 15) is 0 Å². The van der Waals surface area contributed by atoms with Gasteiger partial charge >= 0.3 is 0 Å². The number of nitrogens with one attached hydrogen (secondary N) is 1. The van der Waals surface area contributed by atoms with Gasteiger partial charge in [-0.3, -0.25) is 10.3 Å². The van der Waals surface area contributed by atoms with Crippen LogP contribution in [0.2, 0.25) is 0 Å². The molecule has 1 aromatic heterocycles. The highest BCUT2D eigenvalue weighted by atomic mass is 16.5. The van der Waals surface area contributed by atoms with Crippen molar-refractivity contribution in [3.8, 4) is 5.88 Å². The molecule has 0 bridgehead atoms. The van der Waals surface area contributed by atoms with Crippen LogP contribution < -0.4 is 10.5 Å². The van der Waals surface area contributed by atoms with Gasteiger partial charge in [-0.1, -0.05) is 6.07 Å². The number of methoxy groups -OCH3 is 1. The van der Waals surface area contributed by atoms with Crippen LogP contribution in [0.5, 0.6) is 5.88 Å². The molecule has 1 aromatic rings. The molecule has 0 fully saturated rings. The summed E-state index contributed by atoms with van der Waals surface area (Å²) in [5.41, 5.74) is 6.37. The molecule has 1 heterocycles. The molecule has 0 atom stereocenters. The lowest BCUT2D eigenvalue weighted by atomic mass is 10.2. The maximum absolute atomic E-state index is 7.29. The highest BCUT2D eigenvalue weighted by Gasteiger charge is 2.11. The Hall–Kier alpha value is -1.62. The minimum atomic E-state index is 0.222. The minimum Gasteiger partial charge on any atom is -0.481 e. The van der Waals surface area contributed by atoms with Gasteiger partial charge in [0, 0.05) is 31.6 Å². The van der Waals surface area contributed by atoms with E-state index in [1.807, 2.05) is 18.2 Å². The first kappa shape index (κ1) is 14.4. The lowest BCUT2D eigenvalue weighted by Crippen LogP contribution is -2.33. The predicted molar refractivity (Wildman–Crippen MR) is 72.9 cm³/mol. The summed E-state index contributed by atoms with van der Waals surface area (Å²) >= 11 is 0. The fourth-order valence-electron chi connectivity index (χ4n) is 1.65. The van der Waals surface area contributed by atoms with Crippen molar-refractivity contribution in [1.29, 1.82) is 5.41 Å². The Morgan fingerprint density at radius 3 is 2.78 bits per heavy atom. The Morgan fingerprint density at radius 2 is 2.22 bits per heavy atom. The molecule has 1 rings (SSSR count). The van der Waals surface area contributed by atoms with Crippen LogP contribution >= 0.6 is 0 Å².